The monoisotopic (exact) mass is 328 g/mol. The van der Waals surface area contributed by atoms with E-state index in [-0.39, 0.29) is 6.10 Å². The first kappa shape index (κ1) is 17.2. The molecule has 3 aromatic rings. The highest BCUT2D eigenvalue weighted by Gasteiger charge is 2.09. The van der Waals surface area contributed by atoms with Crippen molar-refractivity contribution in [1.29, 1.82) is 0 Å². The van der Waals surface area contributed by atoms with Gasteiger partial charge in [-0.15, -0.1) is 0 Å². The molecule has 0 N–H and O–H groups in total. The van der Waals surface area contributed by atoms with Gasteiger partial charge in [-0.25, -0.2) is 0 Å². The van der Waals surface area contributed by atoms with E-state index in [2.05, 4.69) is 79.7 Å². The Morgan fingerprint density at radius 2 is 1.60 bits per heavy atom. The summed E-state index contributed by atoms with van der Waals surface area (Å²) in [6.45, 7) is 2.78. The van der Waals surface area contributed by atoms with Crippen molar-refractivity contribution in [2.45, 2.75) is 19.4 Å². The van der Waals surface area contributed by atoms with Gasteiger partial charge in [-0.1, -0.05) is 98.0 Å². The lowest BCUT2D eigenvalue weighted by Gasteiger charge is -2.16. The summed E-state index contributed by atoms with van der Waals surface area (Å²) < 4.78 is 6.06. The average molecular weight is 328 g/mol. The summed E-state index contributed by atoms with van der Waals surface area (Å²) in [5, 5.41) is 2.54. The first-order valence-corrected chi connectivity index (χ1v) is 8.85. The molecule has 0 radical (unpaired) electrons. The van der Waals surface area contributed by atoms with E-state index in [0.29, 0.717) is 6.61 Å². The zero-order chi connectivity index (χ0) is 17.3. The third-order valence-electron chi connectivity index (χ3n) is 4.25. The summed E-state index contributed by atoms with van der Waals surface area (Å²) in [6, 6.07) is 25.3. The second-order valence-corrected chi connectivity index (χ2v) is 6.03. The van der Waals surface area contributed by atoms with Crippen molar-refractivity contribution in [3.8, 4) is 0 Å². The molecule has 3 aromatic carbocycles. The Balaban J connectivity index is 1.56. The topological polar surface area (TPSA) is 9.23 Å². The standard InChI is InChI=1S/C24H24O/c1-2-24(23-17-16-21-14-8-9-15-22(21)19-23)25-18-10-4-7-13-20-11-5-3-6-12-20/h3-17,19,24H,2,18H2,1H3/b10-4+,13-7-/t24-/m0/s1. The maximum absolute atomic E-state index is 6.06. The fraction of sp³-hybridized carbons (Fsp3) is 0.167. The van der Waals surface area contributed by atoms with Gasteiger partial charge in [0.05, 0.1) is 12.7 Å². The Labute approximate surface area is 150 Å². The van der Waals surface area contributed by atoms with Gasteiger partial charge in [0.2, 0.25) is 0 Å². The first-order chi connectivity index (χ1) is 12.4. The van der Waals surface area contributed by atoms with Crippen molar-refractivity contribution in [3.05, 3.63) is 102 Å². The summed E-state index contributed by atoms with van der Waals surface area (Å²) in [4.78, 5) is 0. The van der Waals surface area contributed by atoms with E-state index in [0.717, 1.165) is 6.42 Å². The van der Waals surface area contributed by atoms with Gasteiger partial charge in [-0.05, 0) is 34.4 Å². The lowest BCUT2D eigenvalue weighted by molar-refractivity contribution is 0.0714. The Morgan fingerprint density at radius 3 is 2.40 bits per heavy atom. The van der Waals surface area contributed by atoms with Crippen LogP contribution in [-0.2, 0) is 4.74 Å². The minimum atomic E-state index is 0.132. The van der Waals surface area contributed by atoms with Crippen LogP contribution >= 0.6 is 0 Å². The van der Waals surface area contributed by atoms with Crippen LogP contribution in [0.1, 0.15) is 30.6 Å². The molecule has 0 aliphatic carbocycles. The van der Waals surface area contributed by atoms with E-state index in [9.17, 15) is 0 Å². The van der Waals surface area contributed by atoms with Gasteiger partial charge in [0.25, 0.3) is 0 Å². The fourth-order valence-electron chi connectivity index (χ4n) is 2.89. The Kier molecular flexibility index (Phi) is 6.19. The summed E-state index contributed by atoms with van der Waals surface area (Å²) in [6.07, 6.45) is 9.34. The molecule has 1 heteroatoms. The molecule has 0 unspecified atom stereocenters. The van der Waals surface area contributed by atoms with Crippen LogP contribution in [0.25, 0.3) is 16.8 Å². The molecule has 0 aliphatic rings. The Hall–Kier alpha value is -2.64. The zero-order valence-corrected chi connectivity index (χ0v) is 14.6. The third-order valence-corrected chi connectivity index (χ3v) is 4.25. The lowest BCUT2D eigenvalue weighted by Crippen LogP contribution is -2.03. The van der Waals surface area contributed by atoms with Crippen molar-refractivity contribution in [2.75, 3.05) is 6.61 Å². The van der Waals surface area contributed by atoms with E-state index in [1.807, 2.05) is 24.3 Å². The number of ether oxygens (including phenoxy) is 1. The highest BCUT2D eigenvalue weighted by atomic mass is 16.5. The average Bonchev–Trinajstić information content (AvgIpc) is 2.68. The number of fused-ring (bicyclic) bond motifs is 1. The highest BCUT2D eigenvalue weighted by Crippen LogP contribution is 2.25. The largest absolute Gasteiger partial charge is 0.369 e. The number of rotatable bonds is 7. The van der Waals surface area contributed by atoms with E-state index in [1.54, 1.807) is 0 Å². The van der Waals surface area contributed by atoms with E-state index >= 15 is 0 Å². The predicted molar refractivity (Wildman–Crippen MR) is 108 cm³/mol. The molecule has 126 valence electrons. The summed E-state index contributed by atoms with van der Waals surface area (Å²) in [7, 11) is 0. The fourth-order valence-corrected chi connectivity index (χ4v) is 2.89. The second kappa shape index (κ2) is 9.00. The van der Waals surface area contributed by atoms with Crippen LogP contribution in [0, 0.1) is 0 Å². The molecule has 0 bridgehead atoms. The molecule has 1 atom stereocenters. The van der Waals surface area contributed by atoms with Crippen LogP contribution in [0.2, 0.25) is 0 Å². The molecule has 0 fully saturated rings. The maximum atomic E-state index is 6.06. The van der Waals surface area contributed by atoms with E-state index in [4.69, 9.17) is 4.74 Å². The second-order valence-electron chi connectivity index (χ2n) is 6.03. The van der Waals surface area contributed by atoms with Crippen LogP contribution in [0.4, 0.5) is 0 Å². The SMILES string of the molecule is CC[C@H](OC/C=C/C=C\c1ccccc1)c1ccc2ccccc2c1. The van der Waals surface area contributed by atoms with Crippen molar-refractivity contribution < 1.29 is 4.74 Å². The Bertz CT molecular complexity index is 846. The van der Waals surface area contributed by atoms with E-state index in [1.165, 1.54) is 21.9 Å². The van der Waals surface area contributed by atoms with Gasteiger partial charge in [-0.2, -0.15) is 0 Å². The molecule has 0 saturated heterocycles. The van der Waals surface area contributed by atoms with Crippen molar-refractivity contribution >= 4 is 16.8 Å². The van der Waals surface area contributed by atoms with Crippen molar-refractivity contribution in [3.63, 3.8) is 0 Å². The predicted octanol–water partition coefficient (Wildman–Crippen LogP) is 6.58. The van der Waals surface area contributed by atoms with Gasteiger partial charge in [0, 0.05) is 0 Å². The Morgan fingerprint density at radius 1 is 0.840 bits per heavy atom. The van der Waals surface area contributed by atoms with Gasteiger partial charge >= 0.3 is 0 Å². The van der Waals surface area contributed by atoms with Crippen LogP contribution < -0.4 is 0 Å². The van der Waals surface area contributed by atoms with Gasteiger partial charge in [0.1, 0.15) is 0 Å². The summed E-state index contributed by atoms with van der Waals surface area (Å²) in [5.41, 5.74) is 2.45. The minimum Gasteiger partial charge on any atom is -0.369 e. The molecular formula is C24H24O. The number of benzene rings is 3. The molecule has 0 spiro atoms. The quantitative estimate of drug-likeness (QED) is 0.445. The van der Waals surface area contributed by atoms with Crippen molar-refractivity contribution in [2.24, 2.45) is 0 Å². The van der Waals surface area contributed by atoms with Crippen LogP contribution in [0.3, 0.4) is 0 Å². The van der Waals surface area contributed by atoms with Crippen molar-refractivity contribution in [1.82, 2.24) is 0 Å². The van der Waals surface area contributed by atoms with Crippen LogP contribution in [0.5, 0.6) is 0 Å². The smallest absolute Gasteiger partial charge is 0.0826 e. The molecule has 25 heavy (non-hydrogen) atoms. The molecule has 0 amide bonds. The number of hydrogen-bond donors (Lipinski definition) is 0. The van der Waals surface area contributed by atoms with Crippen LogP contribution in [-0.4, -0.2) is 6.61 Å². The highest BCUT2D eigenvalue weighted by molar-refractivity contribution is 5.83. The number of hydrogen-bond acceptors (Lipinski definition) is 1. The van der Waals surface area contributed by atoms with Crippen LogP contribution in [0.15, 0.2) is 91.0 Å². The first-order valence-electron chi connectivity index (χ1n) is 8.85. The molecule has 0 heterocycles. The summed E-state index contributed by atoms with van der Waals surface area (Å²) >= 11 is 0. The molecule has 1 nitrogen and oxygen atoms in total. The minimum absolute atomic E-state index is 0.132. The molecule has 0 aliphatic heterocycles. The van der Waals surface area contributed by atoms with E-state index < -0.39 is 0 Å². The molecule has 0 aromatic heterocycles. The normalized spacial score (nSPS) is 13.0. The van der Waals surface area contributed by atoms with Gasteiger partial charge in [-0.3, -0.25) is 0 Å². The lowest BCUT2D eigenvalue weighted by atomic mass is 10.0. The molecule has 3 rings (SSSR count). The van der Waals surface area contributed by atoms with Gasteiger partial charge in [0.15, 0.2) is 0 Å². The zero-order valence-electron chi connectivity index (χ0n) is 14.6. The molecule has 0 saturated carbocycles. The maximum Gasteiger partial charge on any atom is 0.0826 e. The number of allylic oxidation sites excluding steroid dienone is 2. The summed E-state index contributed by atoms with van der Waals surface area (Å²) in [5.74, 6) is 0. The molecular weight excluding hydrogens is 304 g/mol. The van der Waals surface area contributed by atoms with Gasteiger partial charge < -0.3 is 4.74 Å². The third kappa shape index (κ3) is 4.91.